The van der Waals surface area contributed by atoms with Gasteiger partial charge < -0.3 is 10.6 Å². The molecule has 3 unspecified atom stereocenters. The average molecular weight is 206 g/mol. The van der Waals surface area contributed by atoms with Gasteiger partial charge in [-0.15, -0.1) is 0 Å². The predicted octanol–water partition coefficient (Wildman–Crippen LogP) is 1.61. The number of hydrogen-bond acceptors (Lipinski definition) is 2. The standard InChI is InChI=1S/C12H15FN2/c13-10-3-1-2-4-11(10)15-7-8-5-9(8)12(15)6-14/h1-4,8-9,12H,5-7,14H2. The van der Waals surface area contributed by atoms with Crippen molar-refractivity contribution >= 4 is 5.69 Å². The van der Waals surface area contributed by atoms with Gasteiger partial charge in [-0.3, -0.25) is 0 Å². The first-order chi connectivity index (χ1) is 7.31. The molecule has 1 saturated heterocycles. The van der Waals surface area contributed by atoms with Crippen molar-refractivity contribution < 1.29 is 4.39 Å². The summed E-state index contributed by atoms with van der Waals surface area (Å²) < 4.78 is 13.6. The summed E-state index contributed by atoms with van der Waals surface area (Å²) in [6.45, 7) is 1.61. The third kappa shape index (κ3) is 1.34. The lowest BCUT2D eigenvalue weighted by atomic mass is 10.1. The fraction of sp³-hybridized carbons (Fsp3) is 0.500. The summed E-state index contributed by atoms with van der Waals surface area (Å²) in [4.78, 5) is 2.15. The second-order valence-electron chi connectivity index (χ2n) is 4.57. The number of hydrogen-bond donors (Lipinski definition) is 1. The van der Waals surface area contributed by atoms with Crippen molar-refractivity contribution in [1.82, 2.24) is 0 Å². The Labute approximate surface area is 88.9 Å². The van der Waals surface area contributed by atoms with Crippen LogP contribution >= 0.6 is 0 Å². The number of anilines is 1. The maximum Gasteiger partial charge on any atom is 0.146 e. The van der Waals surface area contributed by atoms with E-state index in [0.717, 1.165) is 24.1 Å². The number of halogens is 1. The zero-order valence-corrected chi connectivity index (χ0v) is 8.57. The van der Waals surface area contributed by atoms with E-state index in [0.29, 0.717) is 12.6 Å². The quantitative estimate of drug-likeness (QED) is 0.796. The molecule has 15 heavy (non-hydrogen) atoms. The first-order valence-electron chi connectivity index (χ1n) is 5.52. The van der Waals surface area contributed by atoms with E-state index in [1.54, 1.807) is 6.07 Å². The summed E-state index contributed by atoms with van der Waals surface area (Å²) >= 11 is 0. The lowest BCUT2D eigenvalue weighted by Gasteiger charge is -2.28. The van der Waals surface area contributed by atoms with E-state index in [4.69, 9.17) is 5.73 Å². The van der Waals surface area contributed by atoms with Gasteiger partial charge in [0, 0.05) is 19.1 Å². The molecular formula is C12H15FN2. The molecule has 0 aromatic heterocycles. The van der Waals surface area contributed by atoms with E-state index < -0.39 is 0 Å². The van der Waals surface area contributed by atoms with E-state index in [2.05, 4.69) is 4.90 Å². The molecular weight excluding hydrogens is 191 g/mol. The van der Waals surface area contributed by atoms with Crippen LogP contribution in [0.2, 0.25) is 0 Å². The average Bonchev–Trinajstić information content (AvgIpc) is 2.91. The monoisotopic (exact) mass is 206 g/mol. The highest BCUT2D eigenvalue weighted by molar-refractivity contribution is 5.51. The van der Waals surface area contributed by atoms with Crippen molar-refractivity contribution in [3.63, 3.8) is 0 Å². The Morgan fingerprint density at radius 2 is 2.20 bits per heavy atom. The van der Waals surface area contributed by atoms with Gasteiger partial charge in [-0.2, -0.15) is 0 Å². The van der Waals surface area contributed by atoms with E-state index in [1.807, 2.05) is 12.1 Å². The molecule has 2 fully saturated rings. The first kappa shape index (κ1) is 9.16. The van der Waals surface area contributed by atoms with Crippen LogP contribution in [0.4, 0.5) is 10.1 Å². The zero-order chi connectivity index (χ0) is 10.4. The minimum Gasteiger partial charge on any atom is -0.364 e. The lowest BCUT2D eigenvalue weighted by Crippen LogP contribution is -2.39. The molecule has 0 radical (unpaired) electrons. The molecule has 80 valence electrons. The molecule has 1 heterocycles. The van der Waals surface area contributed by atoms with Crippen molar-refractivity contribution in [2.24, 2.45) is 17.6 Å². The highest BCUT2D eigenvalue weighted by Gasteiger charge is 2.52. The highest BCUT2D eigenvalue weighted by Crippen LogP contribution is 2.50. The van der Waals surface area contributed by atoms with Gasteiger partial charge in [0.1, 0.15) is 5.82 Å². The Bertz CT molecular complexity index is 380. The van der Waals surface area contributed by atoms with Crippen LogP contribution in [0.25, 0.3) is 0 Å². The maximum absolute atomic E-state index is 13.6. The summed E-state index contributed by atoms with van der Waals surface area (Å²) in [6.07, 6.45) is 1.28. The van der Waals surface area contributed by atoms with Crippen LogP contribution < -0.4 is 10.6 Å². The Morgan fingerprint density at radius 1 is 1.40 bits per heavy atom. The van der Waals surface area contributed by atoms with Gasteiger partial charge in [-0.05, 0) is 30.4 Å². The van der Waals surface area contributed by atoms with E-state index in [9.17, 15) is 4.39 Å². The van der Waals surface area contributed by atoms with Crippen molar-refractivity contribution in [2.45, 2.75) is 12.5 Å². The van der Waals surface area contributed by atoms with Crippen LogP contribution in [0.3, 0.4) is 0 Å². The molecule has 0 bridgehead atoms. The predicted molar refractivity (Wildman–Crippen MR) is 58.2 cm³/mol. The van der Waals surface area contributed by atoms with Gasteiger partial charge in [0.15, 0.2) is 0 Å². The minimum atomic E-state index is -0.128. The van der Waals surface area contributed by atoms with Gasteiger partial charge in [-0.1, -0.05) is 12.1 Å². The molecule has 0 amide bonds. The lowest BCUT2D eigenvalue weighted by molar-refractivity contribution is 0.575. The third-order valence-corrected chi connectivity index (χ3v) is 3.71. The Morgan fingerprint density at radius 3 is 2.93 bits per heavy atom. The fourth-order valence-corrected chi connectivity index (χ4v) is 2.84. The zero-order valence-electron chi connectivity index (χ0n) is 8.57. The number of para-hydroxylation sites is 1. The minimum absolute atomic E-state index is 0.128. The summed E-state index contributed by atoms with van der Waals surface area (Å²) in [7, 11) is 0. The van der Waals surface area contributed by atoms with Crippen molar-refractivity contribution in [1.29, 1.82) is 0 Å². The number of fused-ring (bicyclic) bond motifs is 1. The maximum atomic E-state index is 13.6. The number of rotatable bonds is 2. The second kappa shape index (κ2) is 3.20. The smallest absolute Gasteiger partial charge is 0.146 e. The number of nitrogens with zero attached hydrogens (tertiary/aromatic N) is 1. The van der Waals surface area contributed by atoms with Crippen LogP contribution in [0.15, 0.2) is 24.3 Å². The molecule has 1 aromatic carbocycles. The van der Waals surface area contributed by atoms with Crippen LogP contribution in [0.5, 0.6) is 0 Å². The largest absolute Gasteiger partial charge is 0.364 e. The molecule has 1 saturated carbocycles. The molecule has 1 aliphatic heterocycles. The molecule has 2 aliphatic rings. The van der Waals surface area contributed by atoms with E-state index >= 15 is 0 Å². The third-order valence-electron chi connectivity index (χ3n) is 3.71. The number of benzene rings is 1. The molecule has 0 spiro atoms. The molecule has 1 aliphatic carbocycles. The number of piperidine rings is 1. The van der Waals surface area contributed by atoms with Crippen LogP contribution in [-0.2, 0) is 0 Å². The molecule has 3 atom stereocenters. The van der Waals surface area contributed by atoms with E-state index in [1.165, 1.54) is 12.5 Å². The normalized spacial score (nSPS) is 32.9. The summed E-state index contributed by atoms with van der Waals surface area (Å²) in [5, 5.41) is 0. The van der Waals surface area contributed by atoms with Gasteiger partial charge in [0.25, 0.3) is 0 Å². The van der Waals surface area contributed by atoms with Gasteiger partial charge in [-0.25, -0.2) is 4.39 Å². The van der Waals surface area contributed by atoms with Gasteiger partial charge >= 0.3 is 0 Å². The molecule has 2 nitrogen and oxygen atoms in total. The molecule has 2 N–H and O–H groups in total. The molecule has 3 heteroatoms. The van der Waals surface area contributed by atoms with Crippen molar-refractivity contribution in [2.75, 3.05) is 18.0 Å². The Hall–Kier alpha value is -1.09. The summed E-state index contributed by atoms with van der Waals surface area (Å²) in [5.74, 6) is 1.35. The van der Waals surface area contributed by atoms with Gasteiger partial charge in [0.05, 0.1) is 5.69 Å². The van der Waals surface area contributed by atoms with Gasteiger partial charge in [0.2, 0.25) is 0 Å². The number of nitrogens with two attached hydrogens (primary N) is 1. The Kier molecular flexibility index (Phi) is 1.96. The highest BCUT2D eigenvalue weighted by atomic mass is 19.1. The SMILES string of the molecule is NCC1C2CC2CN1c1ccccc1F. The van der Waals surface area contributed by atoms with Crippen molar-refractivity contribution in [3.8, 4) is 0 Å². The topological polar surface area (TPSA) is 29.3 Å². The first-order valence-corrected chi connectivity index (χ1v) is 5.52. The van der Waals surface area contributed by atoms with Crippen LogP contribution in [0, 0.1) is 17.7 Å². The van der Waals surface area contributed by atoms with Crippen LogP contribution in [0.1, 0.15) is 6.42 Å². The fourth-order valence-electron chi connectivity index (χ4n) is 2.84. The second-order valence-corrected chi connectivity index (χ2v) is 4.57. The van der Waals surface area contributed by atoms with Crippen LogP contribution in [-0.4, -0.2) is 19.1 Å². The Balaban J connectivity index is 1.91. The molecule has 1 aromatic rings. The molecule has 3 rings (SSSR count). The summed E-state index contributed by atoms with van der Waals surface area (Å²) in [6, 6.07) is 7.34. The van der Waals surface area contributed by atoms with Crippen molar-refractivity contribution in [3.05, 3.63) is 30.1 Å². The summed E-state index contributed by atoms with van der Waals surface area (Å²) in [5.41, 5.74) is 6.49. The van der Waals surface area contributed by atoms with E-state index in [-0.39, 0.29) is 5.82 Å².